The molecular weight excluding hydrogens is 280 g/mol. The van der Waals surface area contributed by atoms with Gasteiger partial charge in [0.15, 0.2) is 6.61 Å². The van der Waals surface area contributed by atoms with Crippen LogP contribution in [0.3, 0.4) is 0 Å². The highest BCUT2D eigenvalue weighted by Gasteiger charge is 2.35. The molecule has 20 heavy (non-hydrogen) atoms. The first-order valence-corrected chi connectivity index (χ1v) is 6.86. The average Bonchev–Trinajstić information content (AvgIpc) is 2.80. The second kappa shape index (κ2) is 6.43. The number of likely N-dealkylation sites (N-methyl/N-ethyl adjacent to an activating group) is 1. The van der Waals surface area contributed by atoms with Gasteiger partial charge in [-0.2, -0.15) is 0 Å². The molecule has 5 nitrogen and oxygen atoms in total. The topological polar surface area (TPSA) is 53.0 Å². The van der Waals surface area contributed by atoms with Crippen LogP contribution in [0.4, 0.5) is 0 Å². The molecule has 2 rings (SSSR count). The molecular formula is C14H19ClN2O3. The number of benzene rings is 1. The number of hydrogen-bond acceptors (Lipinski definition) is 4. The van der Waals surface area contributed by atoms with Gasteiger partial charge in [0, 0.05) is 13.1 Å². The highest BCUT2D eigenvalue weighted by Crippen LogP contribution is 2.23. The lowest BCUT2D eigenvalue weighted by Gasteiger charge is -2.21. The van der Waals surface area contributed by atoms with Gasteiger partial charge in [-0.1, -0.05) is 23.7 Å². The lowest BCUT2D eigenvalue weighted by Crippen LogP contribution is -2.38. The summed E-state index contributed by atoms with van der Waals surface area (Å²) in [5.74, 6) is 0.347. The molecule has 0 aromatic heterocycles. The van der Waals surface area contributed by atoms with Crippen LogP contribution in [0.25, 0.3) is 0 Å². The van der Waals surface area contributed by atoms with Crippen LogP contribution < -0.4 is 4.74 Å². The Morgan fingerprint density at radius 3 is 2.75 bits per heavy atom. The number of halogens is 1. The largest absolute Gasteiger partial charge is 0.482 e. The van der Waals surface area contributed by atoms with Gasteiger partial charge >= 0.3 is 0 Å². The number of para-hydroxylation sites is 1. The van der Waals surface area contributed by atoms with Gasteiger partial charge in [-0.15, -0.1) is 0 Å². The third-order valence-electron chi connectivity index (χ3n) is 3.46. The van der Waals surface area contributed by atoms with Gasteiger partial charge in [0.1, 0.15) is 5.75 Å². The number of nitrogens with zero attached hydrogens (tertiary/aromatic N) is 2. The number of amides is 1. The van der Waals surface area contributed by atoms with Crippen LogP contribution in [-0.4, -0.2) is 66.8 Å². The first-order valence-electron chi connectivity index (χ1n) is 6.48. The minimum absolute atomic E-state index is 0.0285. The number of ether oxygens (including phenoxy) is 1. The molecule has 1 aliphatic rings. The molecule has 1 N–H and O–H groups in total. The van der Waals surface area contributed by atoms with E-state index in [0.717, 1.165) is 0 Å². The maximum absolute atomic E-state index is 12.1. The summed E-state index contributed by atoms with van der Waals surface area (Å²) in [7, 11) is 3.78. The molecule has 0 spiro atoms. The summed E-state index contributed by atoms with van der Waals surface area (Å²) >= 11 is 5.96. The van der Waals surface area contributed by atoms with E-state index >= 15 is 0 Å². The zero-order valence-electron chi connectivity index (χ0n) is 11.6. The average molecular weight is 299 g/mol. The minimum atomic E-state index is -0.519. The number of aliphatic hydroxyl groups excluding tert-OH is 1. The molecule has 0 unspecified atom stereocenters. The predicted octanol–water partition coefficient (Wildman–Crippen LogP) is 0.852. The smallest absolute Gasteiger partial charge is 0.260 e. The first kappa shape index (κ1) is 15.1. The van der Waals surface area contributed by atoms with Crippen LogP contribution >= 0.6 is 11.6 Å². The monoisotopic (exact) mass is 298 g/mol. The van der Waals surface area contributed by atoms with Crippen molar-refractivity contribution in [1.29, 1.82) is 0 Å². The fraction of sp³-hybridized carbons (Fsp3) is 0.500. The van der Waals surface area contributed by atoms with E-state index in [0.29, 0.717) is 23.9 Å². The van der Waals surface area contributed by atoms with Gasteiger partial charge in [-0.25, -0.2) is 0 Å². The normalized spacial score (nSPS) is 22.4. The number of aliphatic hydroxyl groups is 1. The summed E-state index contributed by atoms with van der Waals surface area (Å²) in [6.07, 6.45) is -0.519. The van der Waals surface area contributed by atoms with Crippen molar-refractivity contribution >= 4 is 17.5 Å². The summed E-state index contributed by atoms with van der Waals surface area (Å²) < 4.78 is 5.42. The van der Waals surface area contributed by atoms with E-state index in [4.69, 9.17) is 16.3 Å². The Balaban J connectivity index is 1.89. The summed E-state index contributed by atoms with van der Waals surface area (Å²) in [5, 5.41) is 10.4. The molecule has 0 aliphatic carbocycles. The fourth-order valence-electron chi connectivity index (χ4n) is 2.27. The second-order valence-corrected chi connectivity index (χ2v) is 5.52. The lowest BCUT2D eigenvalue weighted by atomic mass is 10.2. The van der Waals surface area contributed by atoms with Gasteiger partial charge in [0.05, 0.1) is 17.2 Å². The van der Waals surface area contributed by atoms with Gasteiger partial charge in [0.25, 0.3) is 5.91 Å². The Labute approximate surface area is 123 Å². The first-order chi connectivity index (χ1) is 9.49. The zero-order chi connectivity index (χ0) is 14.7. The summed E-state index contributed by atoms with van der Waals surface area (Å²) in [5.41, 5.74) is 0. The van der Waals surface area contributed by atoms with E-state index in [9.17, 15) is 9.90 Å². The minimum Gasteiger partial charge on any atom is -0.482 e. The Morgan fingerprint density at radius 1 is 1.45 bits per heavy atom. The molecule has 1 heterocycles. The van der Waals surface area contributed by atoms with E-state index in [-0.39, 0.29) is 18.6 Å². The third-order valence-corrected chi connectivity index (χ3v) is 3.78. The van der Waals surface area contributed by atoms with E-state index in [1.165, 1.54) is 0 Å². The van der Waals surface area contributed by atoms with Crippen molar-refractivity contribution in [2.45, 2.75) is 12.1 Å². The maximum Gasteiger partial charge on any atom is 0.260 e. The molecule has 0 bridgehead atoms. The number of β-amino-alcohol motifs (C(OH)–C–C–N with tert-alkyl or cyclic N) is 1. The van der Waals surface area contributed by atoms with Crippen molar-refractivity contribution in [3.05, 3.63) is 29.3 Å². The van der Waals surface area contributed by atoms with Crippen molar-refractivity contribution in [3.8, 4) is 5.75 Å². The number of rotatable bonds is 4. The molecule has 110 valence electrons. The molecule has 2 atom stereocenters. The molecule has 1 aromatic carbocycles. The predicted molar refractivity (Wildman–Crippen MR) is 77.0 cm³/mol. The summed E-state index contributed by atoms with van der Waals surface area (Å²) in [4.78, 5) is 15.6. The van der Waals surface area contributed by atoms with Crippen molar-refractivity contribution in [2.75, 3.05) is 33.8 Å². The van der Waals surface area contributed by atoms with Crippen molar-refractivity contribution in [2.24, 2.45) is 0 Å². The molecule has 1 amide bonds. The number of carbonyl (C=O) groups is 1. The van der Waals surface area contributed by atoms with Gasteiger partial charge in [0.2, 0.25) is 0 Å². The number of carbonyl (C=O) groups excluding carboxylic acids is 1. The van der Waals surface area contributed by atoms with Crippen molar-refractivity contribution in [1.82, 2.24) is 9.80 Å². The van der Waals surface area contributed by atoms with Gasteiger partial charge in [-0.05, 0) is 26.2 Å². The van der Waals surface area contributed by atoms with E-state index in [2.05, 4.69) is 0 Å². The SMILES string of the molecule is CN(C)[C@@H]1CN(C(=O)COc2ccccc2Cl)C[C@H]1O. The maximum atomic E-state index is 12.1. The van der Waals surface area contributed by atoms with Crippen LogP contribution in [0.15, 0.2) is 24.3 Å². The van der Waals surface area contributed by atoms with Crippen molar-refractivity contribution in [3.63, 3.8) is 0 Å². The second-order valence-electron chi connectivity index (χ2n) is 5.12. The number of likely N-dealkylation sites (tertiary alicyclic amines) is 1. The van der Waals surface area contributed by atoms with E-state index < -0.39 is 6.10 Å². The van der Waals surface area contributed by atoms with Crippen LogP contribution in [0, 0.1) is 0 Å². The Kier molecular flexibility index (Phi) is 4.86. The van der Waals surface area contributed by atoms with Gasteiger partial charge in [-0.3, -0.25) is 4.79 Å². The third kappa shape index (κ3) is 3.42. The summed E-state index contributed by atoms with van der Waals surface area (Å²) in [6.45, 7) is 0.781. The van der Waals surface area contributed by atoms with Crippen LogP contribution in [0.1, 0.15) is 0 Å². The molecule has 0 radical (unpaired) electrons. The number of hydrogen-bond donors (Lipinski definition) is 1. The van der Waals surface area contributed by atoms with Crippen LogP contribution in [0.5, 0.6) is 5.75 Å². The molecule has 1 saturated heterocycles. The highest BCUT2D eigenvalue weighted by molar-refractivity contribution is 6.32. The summed E-state index contributed by atoms with van der Waals surface area (Å²) in [6, 6.07) is 7.00. The van der Waals surface area contributed by atoms with Crippen molar-refractivity contribution < 1.29 is 14.6 Å². The molecule has 6 heteroatoms. The molecule has 1 aliphatic heterocycles. The standard InChI is InChI=1S/C14H19ClN2O3/c1-16(2)11-7-17(8-12(11)18)14(19)9-20-13-6-4-3-5-10(13)15/h3-6,11-12,18H,7-9H2,1-2H3/t11-,12-/m1/s1. The molecule has 1 aromatic rings. The van der Waals surface area contributed by atoms with Crippen LogP contribution in [-0.2, 0) is 4.79 Å². The van der Waals surface area contributed by atoms with Crippen LogP contribution in [0.2, 0.25) is 5.02 Å². The van der Waals surface area contributed by atoms with E-state index in [1.54, 1.807) is 29.2 Å². The Morgan fingerprint density at radius 2 is 2.15 bits per heavy atom. The fourth-order valence-corrected chi connectivity index (χ4v) is 2.46. The molecule has 1 fully saturated rings. The zero-order valence-corrected chi connectivity index (χ0v) is 12.4. The quantitative estimate of drug-likeness (QED) is 0.895. The lowest BCUT2D eigenvalue weighted by molar-refractivity contribution is -0.132. The van der Waals surface area contributed by atoms with E-state index in [1.807, 2.05) is 19.0 Å². The highest BCUT2D eigenvalue weighted by atomic mass is 35.5. The Bertz CT molecular complexity index is 481. The molecule has 0 saturated carbocycles. The van der Waals surface area contributed by atoms with Gasteiger partial charge < -0.3 is 19.6 Å². The Hall–Kier alpha value is -1.30.